The van der Waals surface area contributed by atoms with Crippen molar-refractivity contribution < 1.29 is 14.3 Å². The van der Waals surface area contributed by atoms with E-state index in [0.717, 1.165) is 11.3 Å². The fourth-order valence-electron chi connectivity index (χ4n) is 2.52. The molecule has 3 rings (SSSR count). The molecular formula is C18H16ClN3O4S. The van der Waals surface area contributed by atoms with Crippen molar-refractivity contribution in [1.82, 2.24) is 9.97 Å². The minimum absolute atomic E-state index is 0.246. The Balaban J connectivity index is 1.77. The van der Waals surface area contributed by atoms with Crippen LogP contribution in [0.5, 0.6) is 0 Å². The maximum absolute atomic E-state index is 12.5. The molecule has 1 atom stereocenters. The van der Waals surface area contributed by atoms with E-state index in [4.69, 9.17) is 16.3 Å². The van der Waals surface area contributed by atoms with Crippen molar-refractivity contribution in [3.8, 4) is 0 Å². The Bertz CT molecular complexity index is 1110. The number of carbonyl (C=O) groups excluding carboxylic acids is 2. The standard InChI is InChI=1S/C18H16ClN3O4S/c1-8-13-16(24)20-10(3)21-17(13)27-14(8)18(25)26-9(2)15(23)22-12-6-4-5-11(19)7-12/h4-7,9H,1-3H3,(H,22,23)(H,20,21,24). The van der Waals surface area contributed by atoms with Crippen molar-refractivity contribution in [2.75, 3.05) is 5.32 Å². The number of fused-ring (bicyclic) bond motifs is 1. The van der Waals surface area contributed by atoms with Gasteiger partial charge >= 0.3 is 5.97 Å². The summed E-state index contributed by atoms with van der Waals surface area (Å²) in [6, 6.07) is 6.64. The van der Waals surface area contributed by atoms with Gasteiger partial charge in [0.2, 0.25) is 0 Å². The molecule has 9 heteroatoms. The number of ether oxygens (including phenoxy) is 1. The molecule has 2 aromatic heterocycles. The van der Waals surface area contributed by atoms with E-state index in [9.17, 15) is 14.4 Å². The first-order chi connectivity index (χ1) is 12.8. The molecule has 0 fully saturated rings. The quantitative estimate of drug-likeness (QED) is 0.647. The van der Waals surface area contributed by atoms with Crippen LogP contribution < -0.4 is 10.9 Å². The third-order valence-electron chi connectivity index (χ3n) is 3.85. The summed E-state index contributed by atoms with van der Waals surface area (Å²) in [5, 5.41) is 3.47. The van der Waals surface area contributed by atoms with Crippen LogP contribution in [0.2, 0.25) is 5.02 Å². The van der Waals surface area contributed by atoms with Crippen molar-refractivity contribution in [2.24, 2.45) is 0 Å². The third kappa shape index (κ3) is 4.01. The van der Waals surface area contributed by atoms with E-state index in [1.54, 1.807) is 38.1 Å². The molecule has 0 aliphatic heterocycles. The lowest BCUT2D eigenvalue weighted by Crippen LogP contribution is -2.29. The third-order valence-corrected chi connectivity index (χ3v) is 5.25. The number of hydrogen-bond acceptors (Lipinski definition) is 6. The van der Waals surface area contributed by atoms with Crippen molar-refractivity contribution >= 4 is 50.7 Å². The maximum Gasteiger partial charge on any atom is 0.349 e. The number of nitrogens with one attached hydrogen (secondary N) is 2. The van der Waals surface area contributed by atoms with Crippen molar-refractivity contribution in [3.05, 3.63) is 55.9 Å². The number of hydrogen-bond donors (Lipinski definition) is 2. The number of amides is 1. The van der Waals surface area contributed by atoms with Crippen LogP contribution in [0.4, 0.5) is 5.69 Å². The van der Waals surface area contributed by atoms with Gasteiger partial charge in [0.1, 0.15) is 15.5 Å². The summed E-state index contributed by atoms with van der Waals surface area (Å²) in [5.74, 6) is -0.708. The predicted molar refractivity (Wildman–Crippen MR) is 105 cm³/mol. The number of esters is 1. The monoisotopic (exact) mass is 405 g/mol. The first-order valence-electron chi connectivity index (χ1n) is 8.03. The maximum atomic E-state index is 12.5. The number of nitrogens with zero attached hydrogens (tertiary/aromatic N) is 1. The molecule has 7 nitrogen and oxygen atoms in total. The lowest BCUT2D eigenvalue weighted by atomic mass is 10.2. The molecule has 1 unspecified atom stereocenters. The molecule has 2 N–H and O–H groups in total. The van der Waals surface area contributed by atoms with Crippen LogP contribution in [0.3, 0.4) is 0 Å². The minimum atomic E-state index is -1.03. The highest BCUT2D eigenvalue weighted by molar-refractivity contribution is 7.20. The van der Waals surface area contributed by atoms with Crippen molar-refractivity contribution in [3.63, 3.8) is 0 Å². The van der Waals surface area contributed by atoms with Gasteiger partial charge < -0.3 is 15.0 Å². The fourth-order valence-corrected chi connectivity index (χ4v) is 3.82. The summed E-state index contributed by atoms with van der Waals surface area (Å²) >= 11 is 6.95. The fraction of sp³-hybridized carbons (Fsp3) is 0.222. The number of H-pyrrole nitrogens is 1. The minimum Gasteiger partial charge on any atom is -0.448 e. The summed E-state index contributed by atoms with van der Waals surface area (Å²) in [4.78, 5) is 44.4. The second-order valence-electron chi connectivity index (χ2n) is 5.93. The van der Waals surface area contributed by atoms with E-state index in [1.807, 2.05) is 0 Å². The van der Waals surface area contributed by atoms with E-state index in [2.05, 4.69) is 15.3 Å². The average molecular weight is 406 g/mol. The van der Waals surface area contributed by atoms with Gasteiger partial charge in [-0.1, -0.05) is 17.7 Å². The van der Waals surface area contributed by atoms with Gasteiger partial charge in [0.25, 0.3) is 11.5 Å². The second-order valence-corrected chi connectivity index (χ2v) is 7.37. The van der Waals surface area contributed by atoms with E-state index in [0.29, 0.717) is 32.3 Å². The van der Waals surface area contributed by atoms with E-state index >= 15 is 0 Å². The number of rotatable bonds is 4. The molecule has 1 amide bonds. The van der Waals surface area contributed by atoms with Crippen molar-refractivity contribution in [2.45, 2.75) is 26.9 Å². The van der Waals surface area contributed by atoms with Gasteiger partial charge in [-0.2, -0.15) is 0 Å². The van der Waals surface area contributed by atoms with Gasteiger partial charge in [0.15, 0.2) is 6.10 Å². The zero-order chi connectivity index (χ0) is 19.7. The highest BCUT2D eigenvalue weighted by atomic mass is 35.5. The van der Waals surface area contributed by atoms with Crippen LogP contribution in [-0.4, -0.2) is 27.9 Å². The lowest BCUT2D eigenvalue weighted by Gasteiger charge is -2.13. The van der Waals surface area contributed by atoms with E-state index in [1.165, 1.54) is 6.92 Å². The number of carbonyl (C=O) groups is 2. The number of anilines is 1. The number of benzene rings is 1. The average Bonchev–Trinajstić information content (AvgIpc) is 2.91. The number of aromatic nitrogens is 2. The Labute approximate surface area is 163 Å². The summed E-state index contributed by atoms with van der Waals surface area (Å²) in [6.45, 7) is 4.78. The molecule has 0 aliphatic carbocycles. The zero-order valence-corrected chi connectivity index (χ0v) is 16.3. The molecule has 0 radical (unpaired) electrons. The molecular weight excluding hydrogens is 390 g/mol. The normalized spacial score (nSPS) is 12.0. The van der Waals surface area contributed by atoms with Crippen LogP contribution in [0, 0.1) is 13.8 Å². The van der Waals surface area contributed by atoms with Gasteiger partial charge in [0, 0.05) is 10.7 Å². The van der Waals surface area contributed by atoms with Crippen LogP contribution in [-0.2, 0) is 9.53 Å². The highest BCUT2D eigenvalue weighted by Gasteiger charge is 2.24. The molecule has 0 aliphatic rings. The molecule has 140 valence electrons. The van der Waals surface area contributed by atoms with E-state index in [-0.39, 0.29) is 10.4 Å². The number of aryl methyl sites for hydroxylation is 2. The van der Waals surface area contributed by atoms with Gasteiger partial charge in [-0.25, -0.2) is 9.78 Å². The second kappa shape index (κ2) is 7.50. The molecule has 0 saturated heterocycles. The van der Waals surface area contributed by atoms with Crippen LogP contribution in [0.25, 0.3) is 10.2 Å². The molecule has 0 bridgehead atoms. The molecule has 2 heterocycles. The summed E-state index contributed by atoms with van der Waals surface area (Å²) in [7, 11) is 0. The summed E-state index contributed by atoms with van der Waals surface area (Å²) in [5.41, 5.74) is 0.674. The first kappa shape index (κ1) is 19.1. The van der Waals surface area contributed by atoms with Crippen LogP contribution in [0.15, 0.2) is 29.1 Å². The first-order valence-corrected chi connectivity index (χ1v) is 9.23. The molecule has 0 saturated carbocycles. The zero-order valence-electron chi connectivity index (χ0n) is 14.8. The van der Waals surface area contributed by atoms with Gasteiger partial charge in [-0.15, -0.1) is 11.3 Å². The number of thiophene rings is 1. The smallest absolute Gasteiger partial charge is 0.349 e. The van der Waals surface area contributed by atoms with Crippen LogP contribution >= 0.6 is 22.9 Å². The number of aromatic amines is 1. The summed E-state index contributed by atoms with van der Waals surface area (Å²) in [6.07, 6.45) is -1.03. The Kier molecular flexibility index (Phi) is 5.29. The van der Waals surface area contributed by atoms with Crippen molar-refractivity contribution in [1.29, 1.82) is 0 Å². The molecule has 0 spiro atoms. The van der Waals surface area contributed by atoms with Gasteiger partial charge in [0.05, 0.1) is 5.39 Å². The highest BCUT2D eigenvalue weighted by Crippen LogP contribution is 2.28. The topological polar surface area (TPSA) is 101 Å². The molecule has 3 aromatic rings. The Hall–Kier alpha value is -2.71. The number of halogens is 1. The Morgan fingerprint density at radius 1 is 1.33 bits per heavy atom. The predicted octanol–water partition coefficient (Wildman–Crippen LogP) is 3.44. The molecule has 1 aromatic carbocycles. The van der Waals surface area contributed by atoms with E-state index < -0.39 is 18.0 Å². The van der Waals surface area contributed by atoms with Gasteiger partial charge in [-0.3, -0.25) is 9.59 Å². The molecule has 27 heavy (non-hydrogen) atoms. The van der Waals surface area contributed by atoms with Crippen LogP contribution in [0.1, 0.15) is 28.0 Å². The summed E-state index contributed by atoms with van der Waals surface area (Å²) < 4.78 is 5.27. The SMILES string of the molecule is Cc1nc2sc(C(=O)OC(C)C(=O)Nc3cccc(Cl)c3)c(C)c2c(=O)[nH]1. The van der Waals surface area contributed by atoms with Gasteiger partial charge in [-0.05, 0) is 44.5 Å². The Morgan fingerprint density at radius 2 is 2.07 bits per heavy atom. The largest absolute Gasteiger partial charge is 0.448 e. The Morgan fingerprint density at radius 3 is 2.78 bits per heavy atom. The lowest BCUT2D eigenvalue weighted by molar-refractivity contribution is -0.123.